The summed E-state index contributed by atoms with van der Waals surface area (Å²) in [6.07, 6.45) is 3.00. The standard InChI is InChI=1S/C22H29N3O8/c1-22(25-18(28)7-8-19(25)29)10-9-13(12-15(22)24-16(26)5-6-17(24)27)14(4-2-3-11-23)20(30)33-21(31)32/h7-8,13-15H,2-6,9-12,23H2,1H3,(H,31,32). The van der Waals surface area contributed by atoms with E-state index in [-0.39, 0.29) is 25.7 Å². The molecule has 1 aliphatic carbocycles. The van der Waals surface area contributed by atoms with Crippen LogP contribution in [-0.2, 0) is 28.7 Å². The van der Waals surface area contributed by atoms with Crippen molar-refractivity contribution in [3.05, 3.63) is 12.2 Å². The number of esters is 1. The summed E-state index contributed by atoms with van der Waals surface area (Å²) < 4.78 is 4.46. The normalized spacial score (nSPS) is 28.5. The van der Waals surface area contributed by atoms with Crippen LogP contribution in [0, 0.1) is 11.8 Å². The fraction of sp³-hybridized carbons (Fsp3) is 0.636. The van der Waals surface area contributed by atoms with Crippen molar-refractivity contribution in [3.63, 3.8) is 0 Å². The molecule has 2 aliphatic heterocycles. The summed E-state index contributed by atoms with van der Waals surface area (Å²) in [7, 11) is 0. The lowest BCUT2D eigenvalue weighted by Gasteiger charge is -2.51. The van der Waals surface area contributed by atoms with Gasteiger partial charge in [-0.05, 0) is 51.5 Å². The van der Waals surface area contributed by atoms with Crippen molar-refractivity contribution in [2.45, 2.75) is 69.9 Å². The Morgan fingerprint density at radius 3 is 2.30 bits per heavy atom. The number of likely N-dealkylation sites (tertiary alicyclic amines) is 1. The van der Waals surface area contributed by atoms with Gasteiger partial charge in [-0.3, -0.25) is 33.8 Å². The van der Waals surface area contributed by atoms with Crippen LogP contribution in [0.1, 0.15) is 58.3 Å². The van der Waals surface area contributed by atoms with E-state index >= 15 is 0 Å². The smallest absolute Gasteiger partial charge is 0.449 e. The van der Waals surface area contributed by atoms with Crippen LogP contribution in [0.15, 0.2) is 12.2 Å². The molecule has 0 radical (unpaired) electrons. The van der Waals surface area contributed by atoms with Crippen molar-refractivity contribution in [3.8, 4) is 0 Å². The molecule has 0 aromatic heterocycles. The maximum absolute atomic E-state index is 12.6. The Kier molecular flexibility index (Phi) is 7.31. The minimum Gasteiger partial charge on any atom is -0.449 e. The zero-order chi connectivity index (χ0) is 24.3. The first-order valence-corrected chi connectivity index (χ1v) is 11.2. The summed E-state index contributed by atoms with van der Waals surface area (Å²) in [4.78, 5) is 76.1. The van der Waals surface area contributed by atoms with Gasteiger partial charge >= 0.3 is 12.1 Å². The van der Waals surface area contributed by atoms with Gasteiger partial charge in [-0.25, -0.2) is 4.79 Å². The Hall–Kier alpha value is -3.08. The maximum Gasteiger partial charge on any atom is 0.513 e. The van der Waals surface area contributed by atoms with Gasteiger partial charge in [0.1, 0.15) is 0 Å². The fourth-order valence-corrected chi connectivity index (χ4v) is 5.37. The molecule has 11 heteroatoms. The molecule has 4 unspecified atom stereocenters. The lowest BCUT2D eigenvalue weighted by atomic mass is 9.67. The highest BCUT2D eigenvalue weighted by atomic mass is 16.7. The molecule has 0 aromatic rings. The summed E-state index contributed by atoms with van der Waals surface area (Å²) in [5.74, 6) is -3.90. The predicted octanol–water partition coefficient (Wildman–Crippen LogP) is 0.954. The van der Waals surface area contributed by atoms with E-state index in [0.717, 1.165) is 22.0 Å². The van der Waals surface area contributed by atoms with Crippen molar-refractivity contribution in [1.29, 1.82) is 0 Å². The van der Waals surface area contributed by atoms with E-state index in [1.807, 2.05) is 0 Å². The van der Waals surface area contributed by atoms with Gasteiger partial charge in [-0.2, -0.15) is 0 Å². The second-order valence-corrected chi connectivity index (χ2v) is 8.99. The number of amides is 4. The first kappa shape index (κ1) is 24.6. The molecule has 180 valence electrons. The number of rotatable bonds is 8. The minimum absolute atomic E-state index is 0.0389. The average molecular weight is 463 g/mol. The SMILES string of the molecule is CC1(N2C(=O)C=CC2=O)CCC(C(CCCCN)C(=O)OC(=O)O)CC1N1C(=O)CCC1=O. The van der Waals surface area contributed by atoms with Gasteiger partial charge in [0.15, 0.2) is 0 Å². The maximum atomic E-state index is 12.6. The molecule has 0 aromatic carbocycles. The zero-order valence-corrected chi connectivity index (χ0v) is 18.5. The van der Waals surface area contributed by atoms with Gasteiger partial charge in [-0.1, -0.05) is 6.42 Å². The molecule has 4 atom stereocenters. The van der Waals surface area contributed by atoms with Gasteiger partial charge in [0.2, 0.25) is 11.8 Å². The number of carbonyl (C=O) groups excluding carboxylic acids is 5. The number of imide groups is 2. The highest BCUT2D eigenvalue weighted by molar-refractivity contribution is 6.13. The van der Waals surface area contributed by atoms with E-state index in [4.69, 9.17) is 10.8 Å². The molecule has 0 bridgehead atoms. The number of nitrogens with two attached hydrogens (primary N) is 1. The fourth-order valence-electron chi connectivity index (χ4n) is 5.37. The number of ether oxygens (including phenoxy) is 1. The molecule has 11 nitrogen and oxygen atoms in total. The lowest BCUT2D eigenvalue weighted by molar-refractivity contribution is -0.161. The Bertz CT molecular complexity index is 866. The summed E-state index contributed by atoms with van der Waals surface area (Å²) >= 11 is 0. The van der Waals surface area contributed by atoms with Gasteiger partial charge < -0.3 is 15.6 Å². The number of carbonyl (C=O) groups is 6. The summed E-state index contributed by atoms with van der Waals surface area (Å²) in [6, 6.07) is -0.832. The van der Waals surface area contributed by atoms with E-state index < -0.39 is 59.2 Å². The largest absolute Gasteiger partial charge is 0.513 e. The van der Waals surface area contributed by atoms with Crippen molar-refractivity contribution >= 4 is 35.8 Å². The van der Waals surface area contributed by atoms with E-state index in [1.165, 1.54) is 0 Å². The van der Waals surface area contributed by atoms with Crippen LogP contribution >= 0.6 is 0 Å². The quantitative estimate of drug-likeness (QED) is 0.231. The molecule has 1 saturated heterocycles. The van der Waals surface area contributed by atoms with E-state index in [2.05, 4.69) is 4.74 Å². The van der Waals surface area contributed by atoms with E-state index in [1.54, 1.807) is 6.92 Å². The molecule has 2 fully saturated rings. The van der Waals surface area contributed by atoms with Crippen LogP contribution in [0.3, 0.4) is 0 Å². The average Bonchev–Trinajstić information content (AvgIpc) is 3.26. The molecule has 3 rings (SSSR count). The number of hydrogen-bond donors (Lipinski definition) is 2. The topological polar surface area (TPSA) is 164 Å². The molecule has 1 saturated carbocycles. The number of nitrogens with zero attached hydrogens (tertiary/aromatic N) is 2. The Morgan fingerprint density at radius 1 is 1.15 bits per heavy atom. The van der Waals surface area contributed by atoms with Crippen LogP contribution in [-0.4, -0.2) is 68.8 Å². The second kappa shape index (κ2) is 9.82. The monoisotopic (exact) mass is 463 g/mol. The first-order chi connectivity index (χ1) is 15.6. The third-order valence-electron chi connectivity index (χ3n) is 7.02. The Labute approximate surface area is 190 Å². The molecule has 2 heterocycles. The molecule has 0 spiro atoms. The first-order valence-electron chi connectivity index (χ1n) is 11.2. The molecular formula is C22H29N3O8. The van der Waals surface area contributed by atoms with Crippen LogP contribution in [0.2, 0.25) is 0 Å². The van der Waals surface area contributed by atoms with E-state index in [9.17, 15) is 28.8 Å². The van der Waals surface area contributed by atoms with Crippen molar-refractivity contribution < 1.29 is 38.6 Å². The Morgan fingerprint density at radius 2 is 1.76 bits per heavy atom. The molecule has 3 N–H and O–H groups in total. The number of carboxylic acid groups (broad SMARTS) is 1. The van der Waals surface area contributed by atoms with Crippen molar-refractivity contribution in [2.24, 2.45) is 17.6 Å². The lowest BCUT2D eigenvalue weighted by Crippen LogP contribution is -2.65. The molecular weight excluding hydrogens is 434 g/mol. The summed E-state index contributed by atoms with van der Waals surface area (Å²) in [6.45, 7) is 2.09. The third-order valence-corrected chi connectivity index (χ3v) is 7.02. The minimum atomic E-state index is -1.70. The van der Waals surface area contributed by atoms with Gasteiger partial charge in [0.25, 0.3) is 11.8 Å². The summed E-state index contributed by atoms with van der Waals surface area (Å²) in [5, 5.41) is 8.93. The molecule has 33 heavy (non-hydrogen) atoms. The van der Waals surface area contributed by atoms with Crippen molar-refractivity contribution in [2.75, 3.05) is 6.54 Å². The van der Waals surface area contributed by atoms with Crippen LogP contribution < -0.4 is 5.73 Å². The number of hydrogen-bond acceptors (Lipinski definition) is 8. The number of unbranched alkanes of at least 4 members (excludes halogenated alkanes) is 1. The second-order valence-electron chi connectivity index (χ2n) is 8.99. The molecule has 3 aliphatic rings. The Balaban J connectivity index is 1.94. The third kappa shape index (κ3) is 4.82. The van der Waals surface area contributed by atoms with Gasteiger partial charge in [0.05, 0.1) is 17.5 Å². The highest BCUT2D eigenvalue weighted by Gasteiger charge is 2.55. The van der Waals surface area contributed by atoms with E-state index in [0.29, 0.717) is 32.2 Å². The van der Waals surface area contributed by atoms with Crippen LogP contribution in [0.4, 0.5) is 4.79 Å². The van der Waals surface area contributed by atoms with Gasteiger partial charge in [-0.15, -0.1) is 0 Å². The van der Waals surface area contributed by atoms with Crippen LogP contribution in [0.25, 0.3) is 0 Å². The highest BCUT2D eigenvalue weighted by Crippen LogP contribution is 2.45. The predicted molar refractivity (Wildman–Crippen MR) is 112 cm³/mol. The van der Waals surface area contributed by atoms with Crippen molar-refractivity contribution in [1.82, 2.24) is 9.80 Å². The summed E-state index contributed by atoms with van der Waals surface area (Å²) in [5.41, 5.74) is 4.40. The van der Waals surface area contributed by atoms with Gasteiger partial charge in [0, 0.05) is 25.0 Å². The zero-order valence-electron chi connectivity index (χ0n) is 18.5. The molecule has 4 amide bonds. The van der Waals surface area contributed by atoms with Crippen LogP contribution in [0.5, 0.6) is 0 Å².